The Morgan fingerprint density at radius 1 is 1.25 bits per heavy atom. The fourth-order valence-corrected chi connectivity index (χ4v) is 2.71. The molecule has 1 aliphatic heterocycles. The van der Waals surface area contributed by atoms with Gasteiger partial charge in [-0.15, -0.1) is 0 Å². The van der Waals surface area contributed by atoms with E-state index in [2.05, 4.69) is 25.8 Å². The fraction of sp³-hybridized carbons (Fsp3) is 0.235. The minimum absolute atomic E-state index is 0.152. The van der Waals surface area contributed by atoms with Gasteiger partial charge in [0.05, 0.1) is 17.3 Å². The topological polar surface area (TPSA) is 91.9 Å². The second kappa shape index (κ2) is 6.29. The number of nitrogens with zero attached hydrogens (tertiary/aromatic N) is 2. The molecule has 0 aliphatic carbocycles. The fourth-order valence-electron chi connectivity index (χ4n) is 2.71. The number of H-pyrrole nitrogens is 1. The summed E-state index contributed by atoms with van der Waals surface area (Å²) in [7, 11) is 0. The minimum atomic E-state index is -0.209. The number of carbonyl (C=O) groups excluding carboxylic acids is 1. The Kier molecular flexibility index (Phi) is 3.84. The Hall–Kier alpha value is -2.93. The molecule has 7 heteroatoms. The maximum absolute atomic E-state index is 12.3. The highest BCUT2D eigenvalue weighted by Gasteiger charge is 2.16. The number of hydrogen-bond acceptors (Lipinski definition) is 5. The van der Waals surface area contributed by atoms with Crippen LogP contribution in [0.25, 0.3) is 10.9 Å². The number of nitrogens with one attached hydrogen (secondary N) is 3. The van der Waals surface area contributed by atoms with E-state index in [1.165, 1.54) is 6.20 Å². The number of amides is 1. The Morgan fingerprint density at radius 3 is 3.00 bits per heavy atom. The number of aromatic nitrogens is 3. The predicted molar refractivity (Wildman–Crippen MR) is 90.2 cm³/mol. The van der Waals surface area contributed by atoms with E-state index in [0.717, 1.165) is 30.4 Å². The number of hydrogen-bond donors (Lipinski definition) is 3. The first-order chi connectivity index (χ1) is 11.8. The third kappa shape index (κ3) is 3.07. The van der Waals surface area contributed by atoms with Crippen molar-refractivity contribution in [2.24, 2.45) is 0 Å². The number of pyridine rings is 1. The van der Waals surface area contributed by atoms with Crippen LogP contribution in [-0.2, 0) is 0 Å². The van der Waals surface area contributed by atoms with E-state index in [9.17, 15) is 4.79 Å². The summed E-state index contributed by atoms with van der Waals surface area (Å²) < 4.78 is 5.75. The number of aromatic amines is 1. The number of fused-ring (bicyclic) bond motifs is 1. The van der Waals surface area contributed by atoms with Crippen LogP contribution in [0.2, 0.25) is 0 Å². The number of anilines is 1. The summed E-state index contributed by atoms with van der Waals surface area (Å²) in [5.74, 6) is 0.333. The van der Waals surface area contributed by atoms with Crippen LogP contribution in [0.4, 0.5) is 5.69 Å². The molecule has 4 rings (SSSR count). The molecule has 0 unspecified atom stereocenters. The average molecular weight is 323 g/mol. The van der Waals surface area contributed by atoms with Crippen molar-refractivity contribution >= 4 is 22.5 Å². The summed E-state index contributed by atoms with van der Waals surface area (Å²) in [6.07, 6.45) is 4.37. The van der Waals surface area contributed by atoms with Gasteiger partial charge in [0.15, 0.2) is 0 Å². The molecule has 0 spiro atoms. The van der Waals surface area contributed by atoms with E-state index < -0.39 is 0 Å². The smallest absolute Gasteiger partial charge is 0.257 e. The maximum Gasteiger partial charge on any atom is 0.257 e. The van der Waals surface area contributed by atoms with Crippen molar-refractivity contribution in [1.82, 2.24) is 20.5 Å². The van der Waals surface area contributed by atoms with E-state index in [1.54, 1.807) is 18.3 Å². The van der Waals surface area contributed by atoms with E-state index in [4.69, 9.17) is 4.74 Å². The molecule has 3 heterocycles. The highest BCUT2D eigenvalue weighted by Crippen LogP contribution is 2.18. The molecule has 3 N–H and O–H groups in total. The van der Waals surface area contributed by atoms with Gasteiger partial charge in [-0.05, 0) is 37.2 Å². The van der Waals surface area contributed by atoms with Gasteiger partial charge in [0.1, 0.15) is 6.10 Å². The molecule has 7 nitrogen and oxygen atoms in total. The molecule has 1 atom stereocenters. The van der Waals surface area contributed by atoms with Crippen LogP contribution in [-0.4, -0.2) is 40.3 Å². The SMILES string of the molecule is O=C(Nc1ccc2[nH]ncc2c1)c1ccc(O[C@@H]2CCNC2)nc1. The van der Waals surface area contributed by atoms with Gasteiger partial charge >= 0.3 is 0 Å². The highest BCUT2D eigenvalue weighted by atomic mass is 16.5. The van der Waals surface area contributed by atoms with Crippen LogP contribution < -0.4 is 15.4 Å². The van der Waals surface area contributed by atoms with Crippen molar-refractivity contribution in [2.75, 3.05) is 18.4 Å². The third-order valence-corrected chi connectivity index (χ3v) is 4.00. The summed E-state index contributed by atoms with van der Waals surface area (Å²) in [6.45, 7) is 1.80. The average Bonchev–Trinajstić information content (AvgIpc) is 3.26. The molecule has 24 heavy (non-hydrogen) atoms. The monoisotopic (exact) mass is 323 g/mol. The quantitative estimate of drug-likeness (QED) is 0.682. The summed E-state index contributed by atoms with van der Waals surface area (Å²) >= 11 is 0. The number of rotatable bonds is 4. The Bertz CT molecular complexity index is 853. The molecule has 1 aliphatic rings. The van der Waals surface area contributed by atoms with Gasteiger partial charge in [0.25, 0.3) is 5.91 Å². The van der Waals surface area contributed by atoms with E-state index in [1.807, 2.05) is 18.2 Å². The maximum atomic E-state index is 12.3. The number of carbonyl (C=O) groups is 1. The molecular weight excluding hydrogens is 306 g/mol. The zero-order valence-corrected chi connectivity index (χ0v) is 13.0. The standard InChI is InChI=1S/C17H17N5O2/c23-17(21-13-2-3-15-12(7-13)9-20-22-15)11-1-4-16(19-8-11)24-14-5-6-18-10-14/h1-4,7-9,14,18H,5-6,10H2,(H,20,22)(H,21,23)/t14-/m1/s1. The molecule has 1 saturated heterocycles. The van der Waals surface area contributed by atoms with Crippen molar-refractivity contribution in [1.29, 1.82) is 0 Å². The first kappa shape index (κ1) is 14.6. The molecule has 3 aromatic rings. The van der Waals surface area contributed by atoms with E-state index in [0.29, 0.717) is 17.1 Å². The lowest BCUT2D eigenvalue weighted by molar-refractivity contribution is 0.102. The van der Waals surface area contributed by atoms with Gasteiger partial charge in [-0.2, -0.15) is 5.10 Å². The summed E-state index contributed by atoms with van der Waals surface area (Å²) in [4.78, 5) is 16.5. The largest absolute Gasteiger partial charge is 0.473 e. The second-order valence-electron chi connectivity index (χ2n) is 5.74. The Morgan fingerprint density at radius 2 is 2.21 bits per heavy atom. The molecule has 0 bridgehead atoms. The molecule has 122 valence electrons. The number of ether oxygens (including phenoxy) is 1. The van der Waals surface area contributed by atoms with Crippen LogP contribution in [0.1, 0.15) is 16.8 Å². The molecule has 1 amide bonds. The van der Waals surface area contributed by atoms with Crippen LogP contribution in [0, 0.1) is 0 Å². The highest BCUT2D eigenvalue weighted by molar-refractivity contribution is 6.04. The van der Waals surface area contributed by atoms with E-state index >= 15 is 0 Å². The lowest BCUT2D eigenvalue weighted by Crippen LogP contribution is -2.20. The summed E-state index contributed by atoms with van der Waals surface area (Å²) in [5, 5.41) is 13.9. The van der Waals surface area contributed by atoms with Crippen LogP contribution in [0.15, 0.2) is 42.7 Å². The molecule has 2 aromatic heterocycles. The molecule has 1 fully saturated rings. The van der Waals surface area contributed by atoms with Gasteiger partial charge in [-0.25, -0.2) is 4.98 Å². The third-order valence-electron chi connectivity index (χ3n) is 4.00. The Balaban J connectivity index is 1.43. The number of benzene rings is 1. The van der Waals surface area contributed by atoms with Crippen LogP contribution >= 0.6 is 0 Å². The van der Waals surface area contributed by atoms with Crippen LogP contribution in [0.3, 0.4) is 0 Å². The first-order valence-corrected chi connectivity index (χ1v) is 7.86. The van der Waals surface area contributed by atoms with Gasteiger partial charge in [-0.3, -0.25) is 9.89 Å². The normalized spacial score (nSPS) is 17.1. The second-order valence-corrected chi connectivity index (χ2v) is 5.74. The van der Waals surface area contributed by atoms with Gasteiger partial charge in [0.2, 0.25) is 5.88 Å². The zero-order chi connectivity index (χ0) is 16.4. The van der Waals surface area contributed by atoms with Crippen molar-refractivity contribution in [3.05, 3.63) is 48.3 Å². The molecular formula is C17H17N5O2. The van der Waals surface area contributed by atoms with Gasteiger partial charge in [0, 0.05) is 29.9 Å². The first-order valence-electron chi connectivity index (χ1n) is 7.86. The van der Waals surface area contributed by atoms with Gasteiger partial charge < -0.3 is 15.4 Å². The zero-order valence-electron chi connectivity index (χ0n) is 13.0. The van der Waals surface area contributed by atoms with Crippen LogP contribution in [0.5, 0.6) is 5.88 Å². The lowest BCUT2D eigenvalue weighted by Gasteiger charge is -2.11. The van der Waals surface area contributed by atoms with Gasteiger partial charge in [-0.1, -0.05) is 0 Å². The Labute approximate surface area is 138 Å². The molecule has 0 saturated carbocycles. The lowest BCUT2D eigenvalue weighted by atomic mass is 10.2. The summed E-state index contributed by atoms with van der Waals surface area (Å²) in [6, 6.07) is 9.02. The van der Waals surface area contributed by atoms with Crippen molar-refractivity contribution < 1.29 is 9.53 Å². The van der Waals surface area contributed by atoms with Crippen molar-refractivity contribution in [2.45, 2.75) is 12.5 Å². The minimum Gasteiger partial charge on any atom is -0.473 e. The molecule has 0 radical (unpaired) electrons. The van der Waals surface area contributed by atoms with E-state index in [-0.39, 0.29) is 12.0 Å². The van der Waals surface area contributed by atoms with Crippen molar-refractivity contribution in [3.8, 4) is 5.88 Å². The van der Waals surface area contributed by atoms with Crippen molar-refractivity contribution in [3.63, 3.8) is 0 Å². The predicted octanol–water partition coefficient (Wildman–Crippen LogP) is 1.95. The summed E-state index contributed by atoms with van der Waals surface area (Å²) in [5.41, 5.74) is 2.13. The molecule has 1 aromatic carbocycles.